The molecular weight excluding hydrogens is 212 g/mol. The van der Waals surface area contributed by atoms with Gasteiger partial charge in [-0.15, -0.1) is 0 Å². The molecule has 1 aromatic heterocycles. The minimum Gasteiger partial charge on any atom is -0.313 e. The number of hydrogen-bond acceptors (Lipinski definition) is 2. The highest BCUT2D eigenvalue weighted by Crippen LogP contribution is 2.51. The summed E-state index contributed by atoms with van der Waals surface area (Å²) in [5.74, 6) is 2.82. The first kappa shape index (κ1) is 9.89. The predicted molar refractivity (Wildman–Crippen MR) is 66.0 cm³/mol. The number of aromatic nitrogens is 1. The second kappa shape index (κ2) is 3.22. The summed E-state index contributed by atoms with van der Waals surface area (Å²) < 4.78 is 2.03. The van der Waals surface area contributed by atoms with Gasteiger partial charge >= 0.3 is 0 Å². The molecule has 2 fully saturated rings. The van der Waals surface area contributed by atoms with Crippen molar-refractivity contribution in [3.63, 3.8) is 0 Å². The summed E-state index contributed by atoms with van der Waals surface area (Å²) in [7, 11) is 0. The van der Waals surface area contributed by atoms with Gasteiger partial charge in [-0.05, 0) is 30.2 Å². The zero-order valence-electron chi connectivity index (χ0n) is 10.1. The summed E-state index contributed by atoms with van der Waals surface area (Å²) in [5.41, 5.74) is 1.45. The van der Waals surface area contributed by atoms with Crippen LogP contribution in [0.15, 0.2) is 23.0 Å². The fourth-order valence-electron chi connectivity index (χ4n) is 4.58. The average Bonchev–Trinajstić information content (AvgIpc) is 2.53. The van der Waals surface area contributed by atoms with Crippen molar-refractivity contribution in [1.29, 1.82) is 0 Å². The van der Waals surface area contributed by atoms with Crippen LogP contribution in [0.25, 0.3) is 0 Å². The van der Waals surface area contributed by atoms with Gasteiger partial charge in [0.15, 0.2) is 0 Å². The van der Waals surface area contributed by atoms with Crippen LogP contribution in [0.2, 0.25) is 0 Å². The van der Waals surface area contributed by atoms with Crippen molar-refractivity contribution in [3.05, 3.63) is 34.2 Å². The molecule has 1 N–H and O–H groups in total. The fourth-order valence-corrected chi connectivity index (χ4v) is 4.58. The standard InChI is InChI=1S/C14H18N2O/c1-8-5-11-10-7-16-12(3-2-4-13(16)17)9(6-15-11)14(8)10/h2-4,8-11,14-15H,5-7H2,1H3/t8-,9-,10-,11?,14?/m1/s1. The number of piperidine rings is 1. The van der Waals surface area contributed by atoms with Crippen LogP contribution in [0, 0.1) is 17.8 Å². The molecule has 4 bridgehead atoms. The van der Waals surface area contributed by atoms with Gasteiger partial charge in [-0.25, -0.2) is 0 Å². The molecule has 5 atom stereocenters. The van der Waals surface area contributed by atoms with Crippen molar-refractivity contribution in [2.24, 2.45) is 17.8 Å². The van der Waals surface area contributed by atoms with Crippen LogP contribution in [0.3, 0.4) is 0 Å². The molecule has 1 saturated carbocycles. The third kappa shape index (κ3) is 1.18. The van der Waals surface area contributed by atoms with Gasteiger partial charge in [-0.2, -0.15) is 0 Å². The molecule has 0 radical (unpaired) electrons. The Morgan fingerprint density at radius 2 is 2.29 bits per heavy atom. The lowest BCUT2D eigenvalue weighted by Crippen LogP contribution is -2.52. The molecule has 3 nitrogen and oxygen atoms in total. The molecule has 3 aliphatic rings. The van der Waals surface area contributed by atoms with Crippen LogP contribution in [0.5, 0.6) is 0 Å². The molecule has 4 rings (SSSR count). The van der Waals surface area contributed by atoms with Gasteiger partial charge in [0, 0.05) is 36.8 Å². The molecule has 3 heterocycles. The van der Waals surface area contributed by atoms with Crippen LogP contribution in [-0.2, 0) is 6.54 Å². The first-order chi connectivity index (χ1) is 8.25. The average molecular weight is 230 g/mol. The highest BCUT2D eigenvalue weighted by Gasteiger charge is 2.51. The Kier molecular flexibility index (Phi) is 1.88. The second-order valence-electron chi connectivity index (χ2n) is 5.97. The number of nitrogens with one attached hydrogen (secondary N) is 1. The topological polar surface area (TPSA) is 34.0 Å². The minimum absolute atomic E-state index is 0.186. The molecule has 17 heavy (non-hydrogen) atoms. The smallest absolute Gasteiger partial charge is 0.250 e. The molecule has 2 aliphatic heterocycles. The summed E-state index contributed by atoms with van der Waals surface area (Å²) in [6.45, 7) is 4.37. The Balaban J connectivity index is 1.91. The van der Waals surface area contributed by atoms with Gasteiger partial charge in [0.2, 0.25) is 0 Å². The van der Waals surface area contributed by atoms with E-state index in [4.69, 9.17) is 0 Å². The molecule has 90 valence electrons. The van der Waals surface area contributed by atoms with Crippen molar-refractivity contribution in [3.8, 4) is 0 Å². The Bertz CT molecular complexity index is 521. The summed E-state index contributed by atoms with van der Waals surface area (Å²) in [6.07, 6.45) is 1.29. The maximum Gasteiger partial charge on any atom is 0.250 e. The van der Waals surface area contributed by atoms with Crippen molar-refractivity contribution < 1.29 is 0 Å². The van der Waals surface area contributed by atoms with E-state index < -0.39 is 0 Å². The van der Waals surface area contributed by atoms with E-state index in [1.807, 2.05) is 10.6 Å². The monoisotopic (exact) mass is 230 g/mol. The SMILES string of the molecule is C[C@@H]1CC2NC[C@@H]3c4cccc(=O)n4C[C@H]2C13. The van der Waals surface area contributed by atoms with Gasteiger partial charge in [-0.1, -0.05) is 13.0 Å². The number of rotatable bonds is 0. The van der Waals surface area contributed by atoms with Crippen LogP contribution in [0.1, 0.15) is 25.0 Å². The summed E-state index contributed by atoms with van der Waals surface area (Å²) >= 11 is 0. The van der Waals surface area contributed by atoms with Gasteiger partial charge < -0.3 is 9.88 Å². The largest absolute Gasteiger partial charge is 0.313 e. The summed E-state index contributed by atoms with van der Waals surface area (Å²) in [4.78, 5) is 12.0. The number of pyridine rings is 1. The van der Waals surface area contributed by atoms with Gasteiger partial charge in [0.05, 0.1) is 0 Å². The van der Waals surface area contributed by atoms with Crippen molar-refractivity contribution in [2.75, 3.05) is 6.54 Å². The van der Waals surface area contributed by atoms with Crippen molar-refractivity contribution >= 4 is 0 Å². The Morgan fingerprint density at radius 3 is 3.18 bits per heavy atom. The fraction of sp³-hybridized carbons (Fsp3) is 0.643. The van der Waals surface area contributed by atoms with E-state index in [1.54, 1.807) is 6.07 Å². The van der Waals surface area contributed by atoms with E-state index in [0.717, 1.165) is 24.9 Å². The number of hydrogen-bond donors (Lipinski definition) is 1. The van der Waals surface area contributed by atoms with Crippen LogP contribution in [0.4, 0.5) is 0 Å². The summed E-state index contributed by atoms with van der Waals surface area (Å²) in [6, 6.07) is 6.41. The molecule has 3 heteroatoms. The third-order valence-corrected chi connectivity index (χ3v) is 5.22. The van der Waals surface area contributed by atoms with Gasteiger partial charge in [-0.3, -0.25) is 4.79 Å². The Morgan fingerprint density at radius 1 is 1.41 bits per heavy atom. The zero-order valence-corrected chi connectivity index (χ0v) is 10.1. The van der Waals surface area contributed by atoms with Crippen LogP contribution >= 0.6 is 0 Å². The predicted octanol–water partition coefficient (Wildman–Crippen LogP) is 1.19. The maximum absolute atomic E-state index is 12.0. The van der Waals surface area contributed by atoms with E-state index in [1.165, 1.54) is 12.1 Å². The molecule has 0 aromatic carbocycles. The van der Waals surface area contributed by atoms with Crippen LogP contribution in [-0.4, -0.2) is 17.2 Å². The first-order valence-electron chi connectivity index (χ1n) is 6.69. The van der Waals surface area contributed by atoms with E-state index >= 15 is 0 Å². The zero-order chi connectivity index (χ0) is 11.6. The van der Waals surface area contributed by atoms with E-state index in [2.05, 4.69) is 18.3 Å². The van der Waals surface area contributed by atoms with Gasteiger partial charge in [0.25, 0.3) is 5.56 Å². The molecule has 1 aliphatic carbocycles. The normalized spacial score (nSPS) is 42.3. The van der Waals surface area contributed by atoms with Crippen LogP contribution < -0.4 is 10.9 Å². The lowest BCUT2D eigenvalue weighted by molar-refractivity contribution is 0.147. The Labute approximate surface area is 101 Å². The van der Waals surface area contributed by atoms with Crippen molar-refractivity contribution in [1.82, 2.24) is 9.88 Å². The molecule has 0 amide bonds. The number of fused-ring (bicyclic) bond motifs is 2. The molecular formula is C14H18N2O. The molecule has 1 aromatic rings. The lowest BCUT2D eigenvalue weighted by atomic mass is 9.72. The molecule has 1 saturated heterocycles. The second-order valence-corrected chi connectivity index (χ2v) is 5.97. The molecule has 0 spiro atoms. The lowest BCUT2D eigenvalue weighted by Gasteiger charge is -2.44. The maximum atomic E-state index is 12.0. The third-order valence-electron chi connectivity index (χ3n) is 5.22. The highest BCUT2D eigenvalue weighted by molar-refractivity contribution is 5.22. The first-order valence-corrected chi connectivity index (χ1v) is 6.69. The quantitative estimate of drug-likeness (QED) is 0.726. The number of nitrogens with zero attached hydrogens (tertiary/aromatic N) is 1. The molecule has 2 unspecified atom stereocenters. The highest BCUT2D eigenvalue weighted by atomic mass is 16.1. The Hall–Kier alpha value is -1.09. The minimum atomic E-state index is 0.186. The van der Waals surface area contributed by atoms with Crippen molar-refractivity contribution in [2.45, 2.75) is 31.8 Å². The van der Waals surface area contributed by atoms with E-state index in [9.17, 15) is 4.79 Å². The van der Waals surface area contributed by atoms with Gasteiger partial charge in [0.1, 0.15) is 0 Å². The summed E-state index contributed by atoms with van der Waals surface area (Å²) in [5, 5.41) is 3.69. The van der Waals surface area contributed by atoms with E-state index in [-0.39, 0.29) is 5.56 Å². The van der Waals surface area contributed by atoms with E-state index in [0.29, 0.717) is 17.9 Å².